The number of hydrogen-bond acceptors (Lipinski definition) is 5. The molecule has 0 radical (unpaired) electrons. The Morgan fingerprint density at radius 3 is 2.64 bits per heavy atom. The average Bonchev–Trinajstić information content (AvgIpc) is 2.81. The molecule has 1 unspecified atom stereocenters. The summed E-state index contributed by atoms with van der Waals surface area (Å²) in [6.07, 6.45) is 4.39. The minimum absolute atomic E-state index is 0.0820. The van der Waals surface area contributed by atoms with Crippen molar-refractivity contribution < 1.29 is 14.6 Å². The van der Waals surface area contributed by atoms with Crippen molar-refractivity contribution >= 4 is 17.9 Å². The summed E-state index contributed by atoms with van der Waals surface area (Å²) in [6, 6.07) is 12.8. The van der Waals surface area contributed by atoms with Crippen LogP contribution in [0.4, 0.5) is 5.69 Å². The third-order valence-electron chi connectivity index (χ3n) is 3.32. The molecule has 110 valence electrons. The van der Waals surface area contributed by atoms with E-state index in [0.29, 0.717) is 12.1 Å². The van der Waals surface area contributed by atoms with E-state index in [4.69, 9.17) is 4.74 Å². The Morgan fingerprint density at radius 2 is 1.91 bits per heavy atom. The van der Waals surface area contributed by atoms with E-state index in [1.165, 1.54) is 6.21 Å². The van der Waals surface area contributed by atoms with Crippen LogP contribution in [-0.2, 0) is 16.0 Å². The number of hydrogen-bond donors (Lipinski definition) is 1. The molecule has 0 saturated heterocycles. The van der Waals surface area contributed by atoms with E-state index in [1.54, 1.807) is 12.4 Å². The smallest absolute Gasteiger partial charge is 0.344 e. The summed E-state index contributed by atoms with van der Waals surface area (Å²) in [4.78, 5) is 20.0. The maximum atomic E-state index is 11.9. The number of pyridine rings is 1. The largest absolute Gasteiger partial charge is 0.507 e. The molecule has 1 aliphatic rings. The molecule has 0 amide bonds. The predicted octanol–water partition coefficient (Wildman–Crippen LogP) is 2.76. The van der Waals surface area contributed by atoms with Gasteiger partial charge < -0.3 is 9.84 Å². The lowest BCUT2D eigenvalue weighted by Gasteiger charge is -2.09. The Labute approximate surface area is 127 Å². The van der Waals surface area contributed by atoms with E-state index in [2.05, 4.69) is 9.98 Å². The van der Waals surface area contributed by atoms with Crippen LogP contribution in [0.1, 0.15) is 5.56 Å². The second kappa shape index (κ2) is 6.22. The van der Waals surface area contributed by atoms with Crippen LogP contribution in [0.5, 0.6) is 0 Å². The van der Waals surface area contributed by atoms with Crippen molar-refractivity contribution in [1.29, 1.82) is 0 Å². The van der Waals surface area contributed by atoms with Crippen molar-refractivity contribution in [1.82, 2.24) is 4.98 Å². The zero-order valence-electron chi connectivity index (χ0n) is 11.7. The van der Waals surface area contributed by atoms with Crippen LogP contribution >= 0.6 is 0 Å². The van der Waals surface area contributed by atoms with Gasteiger partial charge in [-0.15, -0.1) is 0 Å². The number of ether oxygens (including phenoxy) is 1. The van der Waals surface area contributed by atoms with Crippen LogP contribution in [0.15, 0.2) is 71.2 Å². The van der Waals surface area contributed by atoms with Gasteiger partial charge in [0.05, 0.1) is 5.69 Å². The summed E-state index contributed by atoms with van der Waals surface area (Å²) in [6.45, 7) is 0. The Kier molecular flexibility index (Phi) is 3.96. The fourth-order valence-electron chi connectivity index (χ4n) is 2.17. The highest BCUT2D eigenvalue weighted by atomic mass is 16.6. The summed E-state index contributed by atoms with van der Waals surface area (Å²) in [7, 11) is 0. The Bertz CT molecular complexity index is 724. The van der Waals surface area contributed by atoms with Gasteiger partial charge >= 0.3 is 5.97 Å². The summed E-state index contributed by atoms with van der Waals surface area (Å²) in [5.74, 6) is -0.641. The number of nitrogens with zero attached hydrogens (tertiary/aromatic N) is 2. The summed E-state index contributed by atoms with van der Waals surface area (Å²) in [5, 5.41) is 10.2. The number of cyclic esters (lactones) is 1. The normalized spacial score (nSPS) is 18.0. The van der Waals surface area contributed by atoms with Gasteiger partial charge in [0.1, 0.15) is 11.3 Å². The molecule has 5 heteroatoms. The number of aliphatic hydroxyl groups is 1. The molecule has 1 N–H and O–H groups in total. The van der Waals surface area contributed by atoms with Gasteiger partial charge in [-0.25, -0.2) is 4.79 Å². The summed E-state index contributed by atoms with van der Waals surface area (Å²) in [5.41, 5.74) is 1.73. The molecule has 0 bridgehead atoms. The van der Waals surface area contributed by atoms with Crippen molar-refractivity contribution in [2.24, 2.45) is 4.99 Å². The van der Waals surface area contributed by atoms with Gasteiger partial charge in [0.2, 0.25) is 0 Å². The van der Waals surface area contributed by atoms with E-state index >= 15 is 0 Å². The van der Waals surface area contributed by atoms with E-state index in [0.717, 1.165) is 5.56 Å². The molecular weight excluding hydrogens is 280 g/mol. The summed E-state index contributed by atoms with van der Waals surface area (Å²) >= 11 is 0. The van der Waals surface area contributed by atoms with Crippen molar-refractivity contribution in [2.75, 3.05) is 0 Å². The molecule has 1 atom stereocenters. The lowest BCUT2D eigenvalue weighted by molar-refractivity contribution is -0.139. The van der Waals surface area contributed by atoms with Gasteiger partial charge in [-0.1, -0.05) is 18.2 Å². The highest BCUT2D eigenvalue weighted by Gasteiger charge is 2.33. The SMILES string of the molecule is O=C1OC(Cc2ccncc2)C(O)=C1C=Nc1ccccc1. The number of aliphatic hydroxyl groups excluding tert-OH is 1. The molecule has 0 fully saturated rings. The predicted molar refractivity (Wildman–Crippen MR) is 82.1 cm³/mol. The van der Waals surface area contributed by atoms with Crippen LogP contribution in [-0.4, -0.2) is 28.4 Å². The van der Waals surface area contributed by atoms with Crippen molar-refractivity contribution in [3.05, 3.63) is 71.8 Å². The van der Waals surface area contributed by atoms with E-state index in [1.807, 2.05) is 42.5 Å². The molecule has 2 heterocycles. The molecule has 22 heavy (non-hydrogen) atoms. The highest BCUT2D eigenvalue weighted by Crippen LogP contribution is 2.23. The van der Waals surface area contributed by atoms with E-state index in [-0.39, 0.29) is 11.3 Å². The number of carbonyl (C=O) groups is 1. The van der Waals surface area contributed by atoms with Gasteiger partial charge in [-0.3, -0.25) is 9.98 Å². The molecule has 0 saturated carbocycles. The van der Waals surface area contributed by atoms with Crippen molar-refractivity contribution in [3.8, 4) is 0 Å². The number of para-hydroxylation sites is 1. The maximum Gasteiger partial charge on any atom is 0.344 e. The van der Waals surface area contributed by atoms with E-state index < -0.39 is 12.1 Å². The molecule has 1 aliphatic heterocycles. The molecule has 2 aromatic rings. The van der Waals surface area contributed by atoms with Gasteiger partial charge in [-0.2, -0.15) is 0 Å². The first-order valence-corrected chi connectivity index (χ1v) is 6.86. The van der Waals surface area contributed by atoms with Gasteiger partial charge in [-0.05, 0) is 29.8 Å². The van der Waals surface area contributed by atoms with Gasteiger partial charge in [0.15, 0.2) is 6.10 Å². The number of aliphatic imine (C=N–C) groups is 1. The zero-order chi connectivity index (χ0) is 15.4. The summed E-state index contributed by atoms with van der Waals surface area (Å²) < 4.78 is 5.20. The molecule has 5 nitrogen and oxygen atoms in total. The second-order valence-electron chi connectivity index (χ2n) is 4.85. The van der Waals surface area contributed by atoms with Crippen LogP contribution in [0.3, 0.4) is 0 Å². The highest BCUT2D eigenvalue weighted by molar-refractivity contribution is 6.12. The second-order valence-corrected chi connectivity index (χ2v) is 4.85. The maximum absolute atomic E-state index is 11.9. The fourth-order valence-corrected chi connectivity index (χ4v) is 2.17. The monoisotopic (exact) mass is 294 g/mol. The molecule has 0 spiro atoms. The zero-order valence-corrected chi connectivity index (χ0v) is 11.7. The van der Waals surface area contributed by atoms with Crippen LogP contribution in [0.2, 0.25) is 0 Å². The topological polar surface area (TPSA) is 71.8 Å². The molecule has 1 aromatic heterocycles. The van der Waals surface area contributed by atoms with Crippen LogP contribution in [0.25, 0.3) is 0 Å². The quantitative estimate of drug-likeness (QED) is 0.695. The molecule has 3 rings (SSSR count). The first-order valence-electron chi connectivity index (χ1n) is 6.86. The fraction of sp³-hybridized carbons (Fsp3) is 0.118. The first kappa shape index (κ1) is 14.0. The number of benzene rings is 1. The molecular formula is C17H14N2O3. The number of esters is 1. The third kappa shape index (κ3) is 3.03. The first-order chi connectivity index (χ1) is 10.7. The standard InChI is InChI=1S/C17H14N2O3/c20-16-14(11-19-13-4-2-1-3-5-13)17(21)22-15(16)10-12-6-8-18-9-7-12/h1-9,11,15,20H,10H2. The lowest BCUT2D eigenvalue weighted by Crippen LogP contribution is -2.14. The third-order valence-corrected chi connectivity index (χ3v) is 3.32. The van der Waals surface area contributed by atoms with Crippen LogP contribution < -0.4 is 0 Å². The lowest BCUT2D eigenvalue weighted by atomic mass is 10.1. The number of rotatable bonds is 4. The van der Waals surface area contributed by atoms with Crippen molar-refractivity contribution in [3.63, 3.8) is 0 Å². The minimum atomic E-state index is -0.674. The van der Waals surface area contributed by atoms with Crippen LogP contribution in [0, 0.1) is 0 Å². The Hall–Kier alpha value is -2.95. The Balaban J connectivity index is 1.78. The van der Waals surface area contributed by atoms with Crippen molar-refractivity contribution in [2.45, 2.75) is 12.5 Å². The molecule has 1 aromatic carbocycles. The number of aromatic nitrogens is 1. The molecule has 0 aliphatic carbocycles. The van der Waals surface area contributed by atoms with Gasteiger partial charge in [0, 0.05) is 25.0 Å². The minimum Gasteiger partial charge on any atom is -0.507 e. The van der Waals surface area contributed by atoms with E-state index in [9.17, 15) is 9.90 Å². The Morgan fingerprint density at radius 1 is 1.18 bits per heavy atom. The number of carbonyl (C=O) groups excluding carboxylic acids is 1. The van der Waals surface area contributed by atoms with Gasteiger partial charge in [0.25, 0.3) is 0 Å². The average molecular weight is 294 g/mol.